The molecule has 1 amide bonds. The lowest BCUT2D eigenvalue weighted by atomic mass is 10.2. The predicted molar refractivity (Wildman–Crippen MR) is 107 cm³/mol. The van der Waals surface area contributed by atoms with Crippen LogP contribution in [-0.2, 0) is 14.8 Å². The van der Waals surface area contributed by atoms with E-state index in [0.717, 1.165) is 21.0 Å². The minimum absolute atomic E-state index is 0.201. The lowest BCUT2D eigenvalue weighted by Crippen LogP contribution is -2.39. The number of hydrogen-bond donors (Lipinski definition) is 1. The summed E-state index contributed by atoms with van der Waals surface area (Å²) in [5.41, 5.74) is 3.59. The Morgan fingerprint density at radius 1 is 1.30 bits per heavy atom. The first kappa shape index (κ1) is 20.7. The molecular formula is C17H21N3O5S2. The Morgan fingerprint density at radius 3 is 2.59 bits per heavy atom. The highest BCUT2D eigenvalue weighted by Gasteiger charge is 2.24. The first-order valence-electron chi connectivity index (χ1n) is 7.82. The summed E-state index contributed by atoms with van der Waals surface area (Å²) >= 11 is 1.49. The van der Waals surface area contributed by atoms with E-state index in [0.29, 0.717) is 11.5 Å². The fourth-order valence-electron chi connectivity index (χ4n) is 2.22. The number of hydrogen-bond acceptors (Lipinski definition) is 7. The van der Waals surface area contributed by atoms with E-state index in [2.05, 4.69) is 10.5 Å². The van der Waals surface area contributed by atoms with Gasteiger partial charge in [0, 0.05) is 10.9 Å². The molecule has 1 aromatic carbocycles. The van der Waals surface area contributed by atoms with Gasteiger partial charge in [-0.15, -0.1) is 11.3 Å². The number of benzene rings is 1. The lowest BCUT2D eigenvalue weighted by molar-refractivity contribution is -0.119. The fourth-order valence-corrected chi connectivity index (χ4v) is 3.86. The average Bonchev–Trinajstić information content (AvgIpc) is 3.03. The Labute approximate surface area is 162 Å². The summed E-state index contributed by atoms with van der Waals surface area (Å²) in [5, 5.41) is 5.80. The number of aryl methyl sites for hydroxylation is 1. The second-order valence-corrected chi connectivity index (χ2v) is 8.42. The van der Waals surface area contributed by atoms with Crippen molar-refractivity contribution in [2.24, 2.45) is 5.10 Å². The molecule has 0 fully saturated rings. The summed E-state index contributed by atoms with van der Waals surface area (Å²) in [5.74, 6) is 0.147. The van der Waals surface area contributed by atoms with Gasteiger partial charge in [-0.05, 0) is 36.1 Å². The van der Waals surface area contributed by atoms with Crippen molar-refractivity contribution in [1.29, 1.82) is 0 Å². The van der Waals surface area contributed by atoms with Crippen molar-refractivity contribution >= 4 is 39.2 Å². The van der Waals surface area contributed by atoms with E-state index in [4.69, 9.17) is 9.47 Å². The van der Waals surface area contributed by atoms with Gasteiger partial charge in [-0.1, -0.05) is 0 Å². The van der Waals surface area contributed by atoms with Gasteiger partial charge in [0.15, 0.2) is 0 Å². The van der Waals surface area contributed by atoms with E-state index < -0.39 is 22.5 Å². The average molecular weight is 412 g/mol. The van der Waals surface area contributed by atoms with Crippen molar-refractivity contribution in [3.05, 3.63) is 40.1 Å². The van der Waals surface area contributed by atoms with Gasteiger partial charge in [-0.3, -0.25) is 9.10 Å². The summed E-state index contributed by atoms with van der Waals surface area (Å²) in [7, 11) is -0.880. The second-order valence-electron chi connectivity index (χ2n) is 5.57. The molecule has 1 N–H and O–H groups in total. The maximum absolute atomic E-state index is 12.3. The van der Waals surface area contributed by atoms with E-state index >= 15 is 0 Å². The number of amides is 1. The van der Waals surface area contributed by atoms with Crippen molar-refractivity contribution in [3.8, 4) is 11.5 Å². The fraction of sp³-hybridized carbons (Fsp3) is 0.294. The molecule has 0 saturated heterocycles. The van der Waals surface area contributed by atoms with Gasteiger partial charge in [-0.2, -0.15) is 5.10 Å². The molecule has 0 aliphatic heterocycles. The van der Waals surface area contributed by atoms with E-state index in [-0.39, 0.29) is 5.69 Å². The van der Waals surface area contributed by atoms with Crippen LogP contribution in [0.3, 0.4) is 0 Å². The van der Waals surface area contributed by atoms with Crippen LogP contribution in [0.5, 0.6) is 11.5 Å². The molecule has 8 nitrogen and oxygen atoms in total. The Morgan fingerprint density at radius 2 is 2.04 bits per heavy atom. The summed E-state index contributed by atoms with van der Waals surface area (Å²) < 4.78 is 35.8. The number of rotatable bonds is 8. The summed E-state index contributed by atoms with van der Waals surface area (Å²) in [6.07, 6.45) is 2.53. The van der Waals surface area contributed by atoms with Crippen LogP contribution in [0.2, 0.25) is 0 Å². The Kier molecular flexibility index (Phi) is 6.81. The Bertz CT molecular complexity index is 938. The van der Waals surface area contributed by atoms with Gasteiger partial charge < -0.3 is 9.47 Å². The number of nitrogens with one attached hydrogen (secondary N) is 1. The topological polar surface area (TPSA) is 97.3 Å². The molecule has 0 aliphatic rings. The molecule has 1 aromatic heterocycles. The molecule has 1 heterocycles. The second kappa shape index (κ2) is 8.87. The van der Waals surface area contributed by atoms with Gasteiger partial charge in [0.25, 0.3) is 5.91 Å². The minimum Gasteiger partial charge on any atom is -0.497 e. The zero-order valence-corrected chi connectivity index (χ0v) is 17.1. The van der Waals surface area contributed by atoms with E-state index in [1.54, 1.807) is 12.1 Å². The van der Waals surface area contributed by atoms with Crippen LogP contribution in [0.15, 0.2) is 34.7 Å². The zero-order valence-electron chi connectivity index (χ0n) is 15.4. The molecular weight excluding hydrogens is 390 g/mol. The zero-order chi connectivity index (χ0) is 20.0. The standard InChI is InChI=1S/C17H21N3O5S2/c1-12-7-8-26-16(12)10-18-19-17(21)11-20(27(4,22)23)14-9-13(24-2)5-6-15(14)25-3/h5-10H,11H2,1-4H3,(H,19,21)/b18-10-. The number of anilines is 1. The number of sulfonamides is 1. The van der Waals surface area contributed by atoms with Gasteiger partial charge in [-0.25, -0.2) is 13.8 Å². The molecule has 10 heteroatoms. The highest BCUT2D eigenvalue weighted by molar-refractivity contribution is 7.92. The number of methoxy groups -OCH3 is 2. The molecule has 0 unspecified atom stereocenters. The molecule has 0 saturated carbocycles. The van der Waals surface area contributed by atoms with Crippen molar-refractivity contribution < 1.29 is 22.7 Å². The van der Waals surface area contributed by atoms with Gasteiger partial charge in [0.05, 0.1) is 32.4 Å². The molecule has 0 bridgehead atoms. The largest absolute Gasteiger partial charge is 0.497 e. The van der Waals surface area contributed by atoms with Gasteiger partial charge in [0.1, 0.15) is 18.0 Å². The van der Waals surface area contributed by atoms with Gasteiger partial charge >= 0.3 is 0 Å². The van der Waals surface area contributed by atoms with E-state index in [1.807, 2.05) is 18.4 Å². The minimum atomic E-state index is -3.76. The van der Waals surface area contributed by atoms with Crippen LogP contribution in [-0.4, -0.2) is 47.6 Å². The van der Waals surface area contributed by atoms with Crippen LogP contribution >= 0.6 is 11.3 Å². The smallest absolute Gasteiger partial charge is 0.260 e. The highest BCUT2D eigenvalue weighted by atomic mass is 32.2. The third-order valence-electron chi connectivity index (χ3n) is 3.62. The molecule has 2 aromatic rings. The van der Waals surface area contributed by atoms with Crippen molar-refractivity contribution in [1.82, 2.24) is 5.43 Å². The maximum Gasteiger partial charge on any atom is 0.260 e. The maximum atomic E-state index is 12.3. The first-order chi connectivity index (χ1) is 12.8. The number of hydrazone groups is 1. The quantitative estimate of drug-likeness (QED) is 0.529. The highest BCUT2D eigenvalue weighted by Crippen LogP contribution is 2.33. The summed E-state index contributed by atoms with van der Waals surface area (Å²) in [4.78, 5) is 13.1. The number of thiophene rings is 1. The molecule has 146 valence electrons. The van der Waals surface area contributed by atoms with E-state index in [1.165, 1.54) is 37.8 Å². The Hall–Kier alpha value is -2.59. The van der Waals surface area contributed by atoms with Crippen LogP contribution in [0.4, 0.5) is 5.69 Å². The van der Waals surface area contributed by atoms with Crippen LogP contribution in [0.1, 0.15) is 10.4 Å². The third kappa shape index (κ3) is 5.44. The van der Waals surface area contributed by atoms with Crippen molar-refractivity contribution in [3.63, 3.8) is 0 Å². The SMILES string of the molecule is COc1ccc(OC)c(N(CC(=O)N/N=C\c2sccc2C)S(C)(=O)=O)c1. The van der Waals surface area contributed by atoms with Crippen LogP contribution < -0.4 is 19.2 Å². The molecule has 0 atom stereocenters. The van der Waals surface area contributed by atoms with Crippen molar-refractivity contribution in [2.45, 2.75) is 6.92 Å². The first-order valence-corrected chi connectivity index (χ1v) is 10.5. The molecule has 27 heavy (non-hydrogen) atoms. The summed E-state index contributed by atoms with van der Waals surface area (Å²) in [6, 6.07) is 6.64. The molecule has 0 aliphatic carbocycles. The number of ether oxygens (including phenoxy) is 2. The normalized spacial score (nSPS) is 11.4. The molecule has 2 rings (SSSR count). The lowest BCUT2D eigenvalue weighted by Gasteiger charge is -2.23. The Balaban J connectivity index is 2.22. The molecule has 0 spiro atoms. The third-order valence-corrected chi connectivity index (χ3v) is 5.69. The van der Waals surface area contributed by atoms with Crippen molar-refractivity contribution in [2.75, 3.05) is 31.3 Å². The summed E-state index contributed by atoms with van der Waals surface area (Å²) in [6.45, 7) is 1.48. The molecule has 0 radical (unpaired) electrons. The van der Waals surface area contributed by atoms with Crippen LogP contribution in [0.25, 0.3) is 0 Å². The number of nitrogens with zero attached hydrogens (tertiary/aromatic N) is 2. The number of carbonyl (C=O) groups excluding carboxylic acids is 1. The van der Waals surface area contributed by atoms with Gasteiger partial charge in [0.2, 0.25) is 10.0 Å². The monoisotopic (exact) mass is 411 g/mol. The van der Waals surface area contributed by atoms with Crippen LogP contribution in [0, 0.1) is 6.92 Å². The number of carbonyl (C=O) groups is 1. The van der Waals surface area contributed by atoms with E-state index in [9.17, 15) is 13.2 Å². The predicted octanol–water partition coefficient (Wildman–Crippen LogP) is 1.99.